The van der Waals surface area contributed by atoms with Crippen molar-refractivity contribution >= 4 is 23.4 Å². The highest BCUT2D eigenvalue weighted by molar-refractivity contribution is 7.99. The average molecular weight is 419 g/mol. The summed E-state index contributed by atoms with van der Waals surface area (Å²) in [5, 5.41) is 11.9. The first-order valence-electron chi connectivity index (χ1n) is 9.21. The molecule has 30 heavy (non-hydrogen) atoms. The van der Waals surface area contributed by atoms with Crippen molar-refractivity contribution in [3.05, 3.63) is 84.4 Å². The molecule has 0 unspecified atom stereocenters. The van der Waals surface area contributed by atoms with Gasteiger partial charge in [-0.1, -0.05) is 35.5 Å². The van der Waals surface area contributed by atoms with E-state index in [9.17, 15) is 9.18 Å². The van der Waals surface area contributed by atoms with Crippen molar-refractivity contribution < 1.29 is 9.18 Å². The van der Waals surface area contributed by atoms with Gasteiger partial charge < -0.3 is 5.32 Å². The lowest BCUT2D eigenvalue weighted by molar-refractivity contribution is -0.113. The Labute approximate surface area is 177 Å². The fourth-order valence-corrected chi connectivity index (χ4v) is 3.62. The third-order valence-electron chi connectivity index (χ3n) is 4.29. The molecule has 0 aliphatic heterocycles. The van der Waals surface area contributed by atoms with Crippen LogP contribution in [-0.4, -0.2) is 31.4 Å². The van der Waals surface area contributed by atoms with E-state index < -0.39 is 5.82 Å². The molecule has 0 bridgehead atoms. The molecule has 1 N–H and O–H groups in total. The number of hydrogen-bond donors (Lipinski definition) is 1. The summed E-state index contributed by atoms with van der Waals surface area (Å²) >= 11 is 1.26. The first kappa shape index (κ1) is 19.8. The van der Waals surface area contributed by atoms with Gasteiger partial charge in [-0.2, -0.15) is 0 Å². The Bertz CT molecular complexity index is 1160. The quantitative estimate of drug-likeness (QED) is 0.466. The molecule has 0 saturated carbocycles. The third-order valence-corrected chi connectivity index (χ3v) is 5.21. The first-order valence-corrected chi connectivity index (χ1v) is 10.2. The summed E-state index contributed by atoms with van der Waals surface area (Å²) in [4.78, 5) is 16.5. The number of rotatable bonds is 6. The summed E-state index contributed by atoms with van der Waals surface area (Å²) in [6, 6.07) is 17.5. The molecule has 2 heterocycles. The summed E-state index contributed by atoms with van der Waals surface area (Å²) in [5.74, 6) is 0.0840. The van der Waals surface area contributed by atoms with Crippen molar-refractivity contribution in [1.82, 2.24) is 19.7 Å². The van der Waals surface area contributed by atoms with Crippen molar-refractivity contribution in [3.63, 3.8) is 0 Å². The fraction of sp³-hybridized carbons (Fsp3) is 0.0909. The molecule has 4 rings (SSSR count). The van der Waals surface area contributed by atoms with E-state index in [2.05, 4.69) is 20.5 Å². The van der Waals surface area contributed by atoms with Crippen LogP contribution in [0.3, 0.4) is 0 Å². The summed E-state index contributed by atoms with van der Waals surface area (Å²) in [7, 11) is 0. The molecular formula is C22H18FN5OS. The molecule has 2 aromatic carbocycles. The number of nitrogens with zero attached hydrogens (tertiary/aromatic N) is 4. The Hall–Kier alpha value is -3.52. The molecule has 8 heteroatoms. The van der Waals surface area contributed by atoms with Crippen molar-refractivity contribution in [2.24, 2.45) is 0 Å². The highest BCUT2D eigenvalue weighted by Crippen LogP contribution is 2.28. The number of amides is 1. The van der Waals surface area contributed by atoms with Crippen molar-refractivity contribution in [3.8, 4) is 17.1 Å². The molecule has 0 saturated heterocycles. The number of halogens is 1. The Morgan fingerprint density at radius 3 is 2.67 bits per heavy atom. The van der Waals surface area contributed by atoms with Crippen LogP contribution < -0.4 is 5.32 Å². The molecule has 0 aliphatic rings. The van der Waals surface area contributed by atoms with Gasteiger partial charge in [-0.15, -0.1) is 10.2 Å². The molecule has 150 valence electrons. The minimum absolute atomic E-state index is 0.105. The number of anilines is 1. The number of thioether (sulfide) groups is 1. The number of carbonyl (C=O) groups is 1. The highest BCUT2D eigenvalue weighted by atomic mass is 32.2. The van der Waals surface area contributed by atoms with Gasteiger partial charge in [0.1, 0.15) is 5.82 Å². The number of benzene rings is 2. The monoisotopic (exact) mass is 419 g/mol. The van der Waals surface area contributed by atoms with E-state index in [1.807, 2.05) is 47.9 Å². The third kappa shape index (κ3) is 4.55. The maximum Gasteiger partial charge on any atom is 0.234 e. The van der Waals surface area contributed by atoms with E-state index in [0.29, 0.717) is 16.7 Å². The maximum atomic E-state index is 13.3. The van der Waals surface area contributed by atoms with E-state index in [1.54, 1.807) is 24.5 Å². The predicted octanol–water partition coefficient (Wildman–Crippen LogP) is 4.51. The van der Waals surface area contributed by atoms with Crippen LogP contribution in [0.15, 0.2) is 78.2 Å². The number of hydrogen-bond acceptors (Lipinski definition) is 5. The van der Waals surface area contributed by atoms with Crippen LogP contribution in [0.25, 0.3) is 17.1 Å². The van der Waals surface area contributed by atoms with Gasteiger partial charge in [0.05, 0.1) is 5.75 Å². The summed E-state index contributed by atoms with van der Waals surface area (Å²) in [6.07, 6.45) is 3.42. The van der Waals surface area contributed by atoms with Crippen LogP contribution in [0.1, 0.15) is 5.56 Å². The largest absolute Gasteiger partial charge is 0.325 e. The van der Waals surface area contributed by atoms with Crippen molar-refractivity contribution in [2.45, 2.75) is 12.1 Å². The average Bonchev–Trinajstić information content (AvgIpc) is 3.17. The van der Waals surface area contributed by atoms with Crippen LogP contribution in [0.4, 0.5) is 10.1 Å². The lowest BCUT2D eigenvalue weighted by Crippen LogP contribution is -2.14. The molecule has 6 nitrogen and oxygen atoms in total. The minimum atomic E-state index is -0.402. The highest BCUT2D eigenvalue weighted by Gasteiger charge is 2.17. The standard InChI is InChI=1S/C22H18FN5OS/c1-15-7-9-19(10-8-15)28-21(16-4-3-11-24-13-16)26-27-22(28)30-14-20(29)25-18-6-2-5-17(23)12-18/h2-13H,14H2,1H3,(H,25,29). The van der Waals surface area contributed by atoms with Gasteiger partial charge in [-0.05, 0) is 49.4 Å². The smallest absolute Gasteiger partial charge is 0.234 e. The van der Waals surface area contributed by atoms with Crippen molar-refractivity contribution in [2.75, 3.05) is 11.1 Å². The van der Waals surface area contributed by atoms with Gasteiger partial charge in [-0.3, -0.25) is 14.3 Å². The number of aryl methyl sites for hydroxylation is 1. The summed E-state index contributed by atoms with van der Waals surface area (Å²) in [6.45, 7) is 2.02. The molecule has 2 aromatic heterocycles. The summed E-state index contributed by atoms with van der Waals surface area (Å²) in [5.41, 5.74) is 3.26. The lowest BCUT2D eigenvalue weighted by atomic mass is 10.2. The predicted molar refractivity (Wildman–Crippen MR) is 115 cm³/mol. The Morgan fingerprint density at radius 1 is 1.10 bits per heavy atom. The van der Waals surface area contributed by atoms with Gasteiger partial charge in [0.15, 0.2) is 11.0 Å². The van der Waals surface area contributed by atoms with Crippen LogP contribution >= 0.6 is 11.8 Å². The topological polar surface area (TPSA) is 72.7 Å². The van der Waals surface area contributed by atoms with E-state index >= 15 is 0 Å². The molecule has 4 aromatic rings. The molecule has 0 aliphatic carbocycles. The molecule has 0 atom stereocenters. The molecule has 0 radical (unpaired) electrons. The zero-order valence-corrected chi connectivity index (χ0v) is 16.9. The lowest BCUT2D eigenvalue weighted by Gasteiger charge is -2.11. The Kier molecular flexibility index (Phi) is 5.85. The molecule has 1 amide bonds. The van der Waals surface area contributed by atoms with Gasteiger partial charge in [0.25, 0.3) is 0 Å². The van der Waals surface area contributed by atoms with Crippen LogP contribution in [-0.2, 0) is 4.79 Å². The second-order valence-corrected chi connectivity index (χ2v) is 7.51. The minimum Gasteiger partial charge on any atom is -0.325 e. The molecule has 0 spiro atoms. The zero-order valence-electron chi connectivity index (χ0n) is 16.1. The SMILES string of the molecule is Cc1ccc(-n2c(SCC(=O)Nc3cccc(F)c3)nnc2-c2cccnc2)cc1. The Balaban J connectivity index is 1.59. The van der Waals surface area contributed by atoms with E-state index in [0.717, 1.165) is 16.8 Å². The van der Waals surface area contributed by atoms with Crippen LogP contribution in [0.5, 0.6) is 0 Å². The summed E-state index contributed by atoms with van der Waals surface area (Å²) < 4.78 is 15.2. The van der Waals surface area contributed by atoms with E-state index in [4.69, 9.17) is 0 Å². The van der Waals surface area contributed by atoms with Crippen molar-refractivity contribution in [1.29, 1.82) is 0 Å². The maximum absolute atomic E-state index is 13.3. The number of aromatic nitrogens is 4. The van der Waals surface area contributed by atoms with Gasteiger partial charge in [0.2, 0.25) is 5.91 Å². The van der Waals surface area contributed by atoms with Crippen LogP contribution in [0.2, 0.25) is 0 Å². The van der Waals surface area contributed by atoms with Gasteiger partial charge >= 0.3 is 0 Å². The number of nitrogens with one attached hydrogen (secondary N) is 1. The van der Waals surface area contributed by atoms with Gasteiger partial charge in [0, 0.05) is 29.3 Å². The van der Waals surface area contributed by atoms with Crippen LogP contribution in [0, 0.1) is 12.7 Å². The normalized spacial score (nSPS) is 10.7. The fourth-order valence-electron chi connectivity index (χ4n) is 2.87. The number of pyridine rings is 1. The van der Waals surface area contributed by atoms with E-state index in [-0.39, 0.29) is 11.7 Å². The first-order chi connectivity index (χ1) is 14.6. The van der Waals surface area contributed by atoms with Gasteiger partial charge in [-0.25, -0.2) is 4.39 Å². The van der Waals surface area contributed by atoms with E-state index in [1.165, 1.54) is 23.9 Å². The Morgan fingerprint density at radius 2 is 1.93 bits per heavy atom. The molecular weight excluding hydrogens is 401 g/mol. The molecule has 0 fully saturated rings. The second-order valence-electron chi connectivity index (χ2n) is 6.57. The zero-order chi connectivity index (χ0) is 20.9. The second kappa shape index (κ2) is 8.87. The number of carbonyl (C=O) groups excluding carboxylic acids is 1.